The first kappa shape index (κ1) is 6.91. The second kappa shape index (κ2) is 2.70. The molecule has 1 aliphatic rings. The van der Waals surface area contributed by atoms with Gasteiger partial charge in [-0.15, -0.1) is 0 Å². The highest BCUT2D eigenvalue weighted by Crippen LogP contribution is 2.29. The molecule has 0 aliphatic carbocycles. The highest BCUT2D eigenvalue weighted by atomic mass is 79.9. The van der Waals surface area contributed by atoms with Gasteiger partial charge in [0.05, 0.1) is 11.4 Å². The minimum absolute atomic E-state index is 0.877. The lowest BCUT2D eigenvalue weighted by Gasteiger charge is -2.19. The third kappa shape index (κ3) is 1.18. The van der Waals surface area contributed by atoms with Gasteiger partial charge in [0.1, 0.15) is 4.60 Å². The zero-order chi connectivity index (χ0) is 7.68. The van der Waals surface area contributed by atoms with Crippen molar-refractivity contribution in [3.05, 3.63) is 16.9 Å². The summed E-state index contributed by atoms with van der Waals surface area (Å²) < 4.78 is 0.877. The van der Waals surface area contributed by atoms with Crippen LogP contribution in [0.25, 0.3) is 0 Å². The normalized spacial score (nSPS) is 14.6. The molecule has 2 rings (SSSR count). The molecule has 3 nitrogen and oxygen atoms in total. The molecule has 0 bridgehead atoms. The summed E-state index contributed by atoms with van der Waals surface area (Å²) in [5.74, 6) is 0. The van der Waals surface area contributed by atoms with Crippen LogP contribution in [0.2, 0.25) is 0 Å². The summed E-state index contributed by atoms with van der Waals surface area (Å²) >= 11 is 3.37. The van der Waals surface area contributed by atoms with Crippen molar-refractivity contribution < 1.29 is 0 Å². The number of aromatic nitrogens is 1. The van der Waals surface area contributed by atoms with Gasteiger partial charge < -0.3 is 10.6 Å². The number of anilines is 2. The van der Waals surface area contributed by atoms with Crippen molar-refractivity contribution in [2.45, 2.75) is 0 Å². The largest absolute Gasteiger partial charge is 0.381 e. The fourth-order valence-corrected chi connectivity index (χ4v) is 1.61. The molecule has 4 heteroatoms. The van der Waals surface area contributed by atoms with E-state index in [1.165, 1.54) is 0 Å². The summed E-state index contributed by atoms with van der Waals surface area (Å²) in [6.45, 7) is 1.93. The maximum absolute atomic E-state index is 4.11. The molecule has 0 atom stereocenters. The molecule has 0 fully saturated rings. The molecule has 0 saturated heterocycles. The van der Waals surface area contributed by atoms with Crippen LogP contribution in [0.4, 0.5) is 11.4 Å². The van der Waals surface area contributed by atoms with Crippen LogP contribution in [-0.4, -0.2) is 18.1 Å². The molecular weight excluding hydrogens is 206 g/mol. The SMILES string of the molecule is Brc1nccc2c1NCCN2. The molecule has 2 heterocycles. The lowest BCUT2D eigenvalue weighted by Crippen LogP contribution is -2.20. The van der Waals surface area contributed by atoms with E-state index in [-0.39, 0.29) is 0 Å². The number of nitrogens with zero attached hydrogens (tertiary/aromatic N) is 1. The molecule has 58 valence electrons. The van der Waals surface area contributed by atoms with Gasteiger partial charge in [-0.2, -0.15) is 0 Å². The van der Waals surface area contributed by atoms with E-state index in [2.05, 4.69) is 31.5 Å². The molecule has 0 unspecified atom stereocenters. The predicted molar refractivity (Wildman–Crippen MR) is 48.9 cm³/mol. The Hall–Kier alpha value is -0.770. The van der Waals surface area contributed by atoms with Crippen LogP contribution in [-0.2, 0) is 0 Å². The second-order valence-electron chi connectivity index (χ2n) is 2.38. The van der Waals surface area contributed by atoms with Gasteiger partial charge >= 0.3 is 0 Å². The first-order valence-corrected chi connectivity index (χ1v) is 4.29. The monoisotopic (exact) mass is 213 g/mol. The van der Waals surface area contributed by atoms with Crippen LogP contribution >= 0.6 is 15.9 Å². The molecule has 0 amide bonds. The highest BCUT2D eigenvalue weighted by molar-refractivity contribution is 9.10. The summed E-state index contributed by atoms with van der Waals surface area (Å²) in [4.78, 5) is 4.11. The average molecular weight is 214 g/mol. The van der Waals surface area contributed by atoms with Gasteiger partial charge in [-0.1, -0.05) is 0 Å². The van der Waals surface area contributed by atoms with Gasteiger partial charge in [0.25, 0.3) is 0 Å². The fourth-order valence-electron chi connectivity index (χ4n) is 1.14. The van der Waals surface area contributed by atoms with Crippen LogP contribution in [0.5, 0.6) is 0 Å². The molecule has 1 aromatic rings. The summed E-state index contributed by atoms with van der Waals surface area (Å²) in [5, 5.41) is 6.53. The Morgan fingerprint density at radius 3 is 3.00 bits per heavy atom. The predicted octanol–water partition coefficient (Wildman–Crippen LogP) is 1.68. The molecular formula is C7H8BrN3. The van der Waals surface area contributed by atoms with Gasteiger partial charge in [0, 0.05) is 19.3 Å². The number of pyridine rings is 1. The Kier molecular flexibility index (Phi) is 1.69. The number of fused-ring (bicyclic) bond motifs is 1. The van der Waals surface area contributed by atoms with Crippen LogP contribution < -0.4 is 10.6 Å². The molecule has 0 spiro atoms. The molecule has 1 aromatic heterocycles. The Morgan fingerprint density at radius 2 is 2.18 bits per heavy atom. The number of hydrogen-bond acceptors (Lipinski definition) is 3. The Balaban J connectivity index is 2.49. The Labute approximate surface area is 73.3 Å². The molecule has 0 saturated carbocycles. The minimum atomic E-state index is 0.877. The molecule has 2 N–H and O–H groups in total. The summed E-state index contributed by atoms with van der Waals surface area (Å²) in [6, 6.07) is 1.96. The van der Waals surface area contributed by atoms with Gasteiger partial charge in [-0.3, -0.25) is 0 Å². The minimum Gasteiger partial charge on any atom is -0.381 e. The first-order valence-electron chi connectivity index (χ1n) is 3.50. The number of hydrogen-bond donors (Lipinski definition) is 2. The summed E-state index contributed by atoms with van der Waals surface area (Å²) in [5.41, 5.74) is 2.19. The maximum atomic E-state index is 4.11. The van der Waals surface area contributed by atoms with E-state index in [1.807, 2.05) is 6.07 Å². The van der Waals surface area contributed by atoms with E-state index in [0.717, 1.165) is 29.1 Å². The van der Waals surface area contributed by atoms with E-state index in [4.69, 9.17) is 0 Å². The van der Waals surface area contributed by atoms with Crippen molar-refractivity contribution in [2.75, 3.05) is 23.7 Å². The standard InChI is InChI=1S/C7H8BrN3/c8-7-6-5(1-2-11-7)9-3-4-10-6/h1-2,9-10H,3-4H2. The topological polar surface area (TPSA) is 37.0 Å². The zero-order valence-corrected chi connectivity index (χ0v) is 7.48. The number of rotatable bonds is 0. The summed E-state index contributed by atoms with van der Waals surface area (Å²) in [6.07, 6.45) is 1.78. The van der Waals surface area contributed by atoms with E-state index < -0.39 is 0 Å². The smallest absolute Gasteiger partial charge is 0.131 e. The van der Waals surface area contributed by atoms with Crippen LogP contribution in [0.1, 0.15) is 0 Å². The first-order chi connectivity index (χ1) is 5.38. The number of nitrogens with one attached hydrogen (secondary N) is 2. The fraction of sp³-hybridized carbons (Fsp3) is 0.286. The zero-order valence-electron chi connectivity index (χ0n) is 5.89. The van der Waals surface area contributed by atoms with Crippen LogP contribution in [0.3, 0.4) is 0 Å². The van der Waals surface area contributed by atoms with E-state index in [0.29, 0.717) is 0 Å². The maximum Gasteiger partial charge on any atom is 0.131 e. The average Bonchev–Trinajstić information content (AvgIpc) is 2.06. The van der Waals surface area contributed by atoms with Gasteiger partial charge in [-0.05, 0) is 22.0 Å². The lowest BCUT2D eigenvalue weighted by atomic mass is 10.3. The second-order valence-corrected chi connectivity index (χ2v) is 3.13. The molecule has 0 radical (unpaired) electrons. The molecule has 0 aromatic carbocycles. The van der Waals surface area contributed by atoms with Crippen molar-refractivity contribution in [3.8, 4) is 0 Å². The van der Waals surface area contributed by atoms with Crippen molar-refractivity contribution in [3.63, 3.8) is 0 Å². The molecule has 1 aliphatic heterocycles. The Bertz CT molecular complexity index is 274. The van der Waals surface area contributed by atoms with Gasteiger partial charge in [-0.25, -0.2) is 4.98 Å². The quantitative estimate of drug-likeness (QED) is 0.645. The third-order valence-corrected chi connectivity index (χ3v) is 2.25. The van der Waals surface area contributed by atoms with E-state index in [1.54, 1.807) is 6.20 Å². The number of halogens is 1. The third-order valence-electron chi connectivity index (χ3n) is 1.65. The van der Waals surface area contributed by atoms with Crippen molar-refractivity contribution >= 4 is 27.3 Å². The summed E-state index contributed by atoms with van der Waals surface area (Å²) in [7, 11) is 0. The van der Waals surface area contributed by atoms with E-state index in [9.17, 15) is 0 Å². The lowest BCUT2D eigenvalue weighted by molar-refractivity contribution is 1.03. The van der Waals surface area contributed by atoms with Gasteiger partial charge in [0.2, 0.25) is 0 Å². The van der Waals surface area contributed by atoms with Gasteiger partial charge in [0.15, 0.2) is 0 Å². The van der Waals surface area contributed by atoms with Crippen molar-refractivity contribution in [2.24, 2.45) is 0 Å². The van der Waals surface area contributed by atoms with Crippen LogP contribution in [0.15, 0.2) is 16.9 Å². The van der Waals surface area contributed by atoms with E-state index >= 15 is 0 Å². The van der Waals surface area contributed by atoms with Crippen molar-refractivity contribution in [1.82, 2.24) is 4.98 Å². The Morgan fingerprint density at radius 1 is 1.36 bits per heavy atom. The van der Waals surface area contributed by atoms with Crippen molar-refractivity contribution in [1.29, 1.82) is 0 Å². The highest BCUT2D eigenvalue weighted by Gasteiger charge is 2.09. The molecule has 11 heavy (non-hydrogen) atoms. The van der Waals surface area contributed by atoms with Crippen LogP contribution in [0, 0.1) is 0 Å².